The third-order valence-corrected chi connectivity index (χ3v) is 4.86. The Bertz CT molecular complexity index is 848. The van der Waals surface area contributed by atoms with Gasteiger partial charge in [-0.25, -0.2) is 9.59 Å². The molecule has 3 rings (SSSR count). The summed E-state index contributed by atoms with van der Waals surface area (Å²) >= 11 is 6.31. The second-order valence-corrected chi connectivity index (χ2v) is 6.84. The predicted molar refractivity (Wildman–Crippen MR) is 107 cm³/mol. The van der Waals surface area contributed by atoms with Crippen molar-refractivity contribution in [2.45, 2.75) is 6.92 Å². The van der Waals surface area contributed by atoms with Crippen LogP contribution in [0.25, 0.3) is 0 Å². The first kappa shape index (κ1) is 19.0. The molecule has 0 saturated carbocycles. The van der Waals surface area contributed by atoms with Gasteiger partial charge in [0.1, 0.15) is 0 Å². The monoisotopic (exact) mass is 387 g/mol. The van der Waals surface area contributed by atoms with Crippen molar-refractivity contribution >= 4 is 35.0 Å². The van der Waals surface area contributed by atoms with E-state index in [-0.39, 0.29) is 6.03 Å². The highest BCUT2D eigenvalue weighted by Crippen LogP contribution is 2.28. The Morgan fingerprint density at radius 1 is 1.07 bits per heavy atom. The van der Waals surface area contributed by atoms with Gasteiger partial charge in [0.15, 0.2) is 0 Å². The fraction of sp³-hybridized carbons (Fsp3) is 0.300. The number of esters is 1. The zero-order chi connectivity index (χ0) is 19.4. The number of halogens is 1. The fourth-order valence-corrected chi connectivity index (χ4v) is 3.31. The number of nitrogens with one attached hydrogen (secondary N) is 1. The van der Waals surface area contributed by atoms with Crippen molar-refractivity contribution in [1.29, 1.82) is 0 Å². The van der Waals surface area contributed by atoms with Crippen LogP contribution in [0.15, 0.2) is 42.5 Å². The van der Waals surface area contributed by atoms with Crippen LogP contribution in [0.5, 0.6) is 0 Å². The molecule has 2 aromatic rings. The van der Waals surface area contributed by atoms with Crippen molar-refractivity contribution in [3.8, 4) is 0 Å². The van der Waals surface area contributed by atoms with E-state index < -0.39 is 5.97 Å². The van der Waals surface area contributed by atoms with Crippen LogP contribution >= 0.6 is 11.6 Å². The van der Waals surface area contributed by atoms with Gasteiger partial charge in [-0.05, 0) is 42.8 Å². The molecule has 0 bridgehead atoms. The number of urea groups is 1. The maximum atomic E-state index is 12.5. The van der Waals surface area contributed by atoms with Gasteiger partial charge in [0.2, 0.25) is 0 Å². The zero-order valence-electron chi connectivity index (χ0n) is 15.4. The minimum Gasteiger partial charge on any atom is -0.465 e. The lowest BCUT2D eigenvalue weighted by molar-refractivity contribution is 0.0600. The summed E-state index contributed by atoms with van der Waals surface area (Å²) in [7, 11) is 1.35. The molecule has 1 aliphatic heterocycles. The molecule has 7 heteroatoms. The summed E-state index contributed by atoms with van der Waals surface area (Å²) in [6.07, 6.45) is 0. The molecule has 6 nitrogen and oxygen atoms in total. The summed E-state index contributed by atoms with van der Waals surface area (Å²) in [5, 5.41) is 3.50. The smallest absolute Gasteiger partial charge is 0.337 e. The van der Waals surface area contributed by atoms with Gasteiger partial charge in [0.25, 0.3) is 0 Å². The molecule has 1 saturated heterocycles. The number of benzene rings is 2. The SMILES string of the molecule is COC(=O)c1ccc(Cl)c(N2CCN(C(=O)Nc3cccc(C)c3)CC2)c1. The Kier molecular flexibility index (Phi) is 5.86. The van der Waals surface area contributed by atoms with E-state index in [0.29, 0.717) is 36.8 Å². The number of anilines is 2. The average molecular weight is 388 g/mol. The molecule has 1 heterocycles. The largest absolute Gasteiger partial charge is 0.465 e. The quantitative estimate of drug-likeness (QED) is 0.814. The molecular formula is C20H22ClN3O3. The first-order chi connectivity index (χ1) is 13.0. The lowest BCUT2D eigenvalue weighted by Crippen LogP contribution is -2.50. The third-order valence-electron chi connectivity index (χ3n) is 4.54. The summed E-state index contributed by atoms with van der Waals surface area (Å²) < 4.78 is 4.77. The van der Waals surface area contributed by atoms with Crippen molar-refractivity contribution in [3.63, 3.8) is 0 Å². The van der Waals surface area contributed by atoms with Gasteiger partial charge in [-0.1, -0.05) is 23.7 Å². The van der Waals surface area contributed by atoms with E-state index >= 15 is 0 Å². The van der Waals surface area contributed by atoms with Crippen LogP contribution in [0, 0.1) is 6.92 Å². The number of piperazine rings is 1. The molecule has 2 amide bonds. The highest BCUT2D eigenvalue weighted by atomic mass is 35.5. The van der Waals surface area contributed by atoms with Crippen molar-refractivity contribution < 1.29 is 14.3 Å². The normalized spacial score (nSPS) is 14.0. The van der Waals surface area contributed by atoms with Crippen molar-refractivity contribution in [1.82, 2.24) is 4.90 Å². The lowest BCUT2D eigenvalue weighted by atomic mass is 10.1. The number of methoxy groups -OCH3 is 1. The van der Waals surface area contributed by atoms with E-state index in [2.05, 4.69) is 10.2 Å². The standard InChI is InChI=1S/C20H22ClN3O3/c1-14-4-3-5-16(12-14)22-20(26)24-10-8-23(9-11-24)18-13-15(19(25)27-2)6-7-17(18)21/h3-7,12-13H,8-11H2,1-2H3,(H,22,26). The van der Waals surface area contributed by atoms with Crippen LogP contribution in [0.1, 0.15) is 15.9 Å². The van der Waals surface area contributed by atoms with Crippen LogP contribution in [0.4, 0.5) is 16.2 Å². The molecule has 0 atom stereocenters. The van der Waals surface area contributed by atoms with Crippen LogP contribution in [0.2, 0.25) is 5.02 Å². The highest BCUT2D eigenvalue weighted by molar-refractivity contribution is 6.33. The molecule has 0 aromatic heterocycles. The van der Waals surface area contributed by atoms with E-state index in [1.54, 1.807) is 23.1 Å². The van der Waals surface area contributed by atoms with Crippen molar-refractivity contribution in [3.05, 3.63) is 58.6 Å². The third kappa shape index (κ3) is 4.52. The van der Waals surface area contributed by atoms with E-state index in [1.165, 1.54) is 7.11 Å². The molecule has 1 N–H and O–H groups in total. The van der Waals surface area contributed by atoms with Gasteiger partial charge in [0, 0.05) is 31.9 Å². The molecular weight excluding hydrogens is 366 g/mol. The minimum atomic E-state index is -0.399. The summed E-state index contributed by atoms with van der Waals surface area (Å²) in [6.45, 7) is 4.38. The molecule has 1 fully saturated rings. The molecule has 0 unspecified atom stereocenters. The molecule has 0 aliphatic carbocycles. The summed E-state index contributed by atoms with van der Waals surface area (Å²) in [6, 6.07) is 12.7. The number of aryl methyl sites for hydroxylation is 1. The van der Waals surface area contributed by atoms with Gasteiger partial charge in [-0.15, -0.1) is 0 Å². The maximum absolute atomic E-state index is 12.5. The highest BCUT2D eigenvalue weighted by Gasteiger charge is 2.23. The number of nitrogens with zero attached hydrogens (tertiary/aromatic N) is 2. The van der Waals surface area contributed by atoms with E-state index in [9.17, 15) is 9.59 Å². The Morgan fingerprint density at radius 3 is 2.48 bits per heavy atom. The molecule has 27 heavy (non-hydrogen) atoms. The molecule has 1 aliphatic rings. The molecule has 2 aromatic carbocycles. The number of rotatable bonds is 3. The first-order valence-electron chi connectivity index (χ1n) is 8.73. The number of hydrogen-bond acceptors (Lipinski definition) is 4. The topological polar surface area (TPSA) is 61.9 Å². The Labute approximate surface area is 163 Å². The lowest BCUT2D eigenvalue weighted by Gasteiger charge is -2.36. The van der Waals surface area contributed by atoms with Crippen LogP contribution in [0.3, 0.4) is 0 Å². The van der Waals surface area contributed by atoms with Gasteiger partial charge < -0.3 is 19.9 Å². The van der Waals surface area contributed by atoms with Crippen LogP contribution < -0.4 is 10.2 Å². The summed E-state index contributed by atoms with van der Waals surface area (Å²) in [5.74, 6) is -0.399. The minimum absolute atomic E-state index is 0.116. The van der Waals surface area contributed by atoms with Crippen LogP contribution in [-0.2, 0) is 4.74 Å². The summed E-state index contributed by atoms with van der Waals surface area (Å²) in [4.78, 5) is 28.1. The second-order valence-electron chi connectivity index (χ2n) is 6.43. The van der Waals surface area contributed by atoms with E-state index in [0.717, 1.165) is 16.9 Å². The first-order valence-corrected chi connectivity index (χ1v) is 9.11. The number of carbonyl (C=O) groups excluding carboxylic acids is 2. The number of hydrogen-bond donors (Lipinski definition) is 1. The zero-order valence-corrected chi connectivity index (χ0v) is 16.1. The summed E-state index contributed by atoms with van der Waals surface area (Å²) in [5.41, 5.74) is 3.11. The second kappa shape index (κ2) is 8.31. The molecule has 0 radical (unpaired) electrons. The Balaban J connectivity index is 1.63. The molecule has 0 spiro atoms. The van der Waals surface area contributed by atoms with Crippen molar-refractivity contribution in [2.24, 2.45) is 0 Å². The van der Waals surface area contributed by atoms with Gasteiger partial charge in [-0.2, -0.15) is 0 Å². The fourth-order valence-electron chi connectivity index (χ4n) is 3.08. The van der Waals surface area contributed by atoms with Crippen molar-refractivity contribution in [2.75, 3.05) is 43.5 Å². The average Bonchev–Trinajstić information content (AvgIpc) is 2.68. The van der Waals surface area contributed by atoms with Gasteiger partial charge in [-0.3, -0.25) is 0 Å². The van der Waals surface area contributed by atoms with E-state index in [1.807, 2.05) is 31.2 Å². The number of carbonyl (C=O) groups is 2. The number of ether oxygens (including phenoxy) is 1. The Morgan fingerprint density at radius 2 is 1.81 bits per heavy atom. The van der Waals surface area contributed by atoms with Crippen LogP contribution in [-0.4, -0.2) is 50.2 Å². The molecule has 142 valence electrons. The Hall–Kier alpha value is -2.73. The number of amides is 2. The van der Waals surface area contributed by atoms with E-state index in [4.69, 9.17) is 16.3 Å². The predicted octanol–water partition coefficient (Wildman–Crippen LogP) is 3.79. The maximum Gasteiger partial charge on any atom is 0.337 e. The van der Waals surface area contributed by atoms with Gasteiger partial charge in [0.05, 0.1) is 23.4 Å². The van der Waals surface area contributed by atoms with Gasteiger partial charge >= 0.3 is 12.0 Å².